The molecule has 0 amide bonds. The first-order chi connectivity index (χ1) is 15.7. The highest BCUT2D eigenvalue weighted by Crippen LogP contribution is 2.33. The van der Waals surface area contributed by atoms with Crippen molar-refractivity contribution in [2.75, 3.05) is 18.9 Å². The van der Waals surface area contributed by atoms with Crippen molar-refractivity contribution in [3.63, 3.8) is 0 Å². The third kappa shape index (κ3) is 6.54. The second-order valence-corrected chi connectivity index (χ2v) is 15.2. The summed E-state index contributed by atoms with van der Waals surface area (Å²) in [4.78, 5) is 8.97. The highest BCUT2D eigenvalue weighted by Gasteiger charge is 2.23. The van der Waals surface area contributed by atoms with Crippen LogP contribution in [0.15, 0.2) is 30.5 Å². The normalized spacial score (nSPS) is 12.9. The van der Waals surface area contributed by atoms with E-state index < -0.39 is 14.2 Å². The SMILES string of the molecule is CCCCOc1nc(N)c2c(n1)c(C(O)c1cccc(CN)c1)cn2COCC[Si](C)(C)C. The first-order valence-electron chi connectivity index (χ1n) is 11.6. The lowest BCUT2D eigenvalue weighted by molar-refractivity contribution is 0.0899. The molecule has 3 rings (SSSR count). The second kappa shape index (κ2) is 11.1. The smallest absolute Gasteiger partial charge is 0.319 e. The van der Waals surface area contributed by atoms with Crippen molar-refractivity contribution in [3.8, 4) is 6.01 Å². The Labute approximate surface area is 196 Å². The van der Waals surface area contributed by atoms with E-state index in [1.807, 2.05) is 35.0 Å². The number of benzene rings is 1. The van der Waals surface area contributed by atoms with Gasteiger partial charge in [-0.1, -0.05) is 57.3 Å². The Hall–Kier alpha value is -2.46. The lowest BCUT2D eigenvalue weighted by atomic mass is 10.0. The number of unbranched alkanes of at least 4 members (excludes halogenated alkanes) is 1. The number of nitrogens with zero attached hydrogens (tertiary/aromatic N) is 3. The number of hydrogen-bond acceptors (Lipinski definition) is 7. The number of nitrogens with two attached hydrogens (primary N) is 2. The maximum absolute atomic E-state index is 11.3. The van der Waals surface area contributed by atoms with E-state index >= 15 is 0 Å². The molecule has 0 aliphatic rings. The molecule has 2 heterocycles. The van der Waals surface area contributed by atoms with Crippen LogP contribution in [0.25, 0.3) is 11.0 Å². The van der Waals surface area contributed by atoms with Crippen molar-refractivity contribution in [1.82, 2.24) is 14.5 Å². The van der Waals surface area contributed by atoms with E-state index in [0.29, 0.717) is 48.9 Å². The van der Waals surface area contributed by atoms with Crippen molar-refractivity contribution >= 4 is 24.9 Å². The number of fused-ring (bicyclic) bond motifs is 1. The van der Waals surface area contributed by atoms with Crippen LogP contribution in [0.5, 0.6) is 6.01 Å². The molecule has 180 valence electrons. The molecular formula is C24H37N5O3Si. The highest BCUT2D eigenvalue weighted by atomic mass is 28.3. The number of hydrogen-bond donors (Lipinski definition) is 3. The maximum Gasteiger partial charge on any atom is 0.319 e. The van der Waals surface area contributed by atoms with Crippen molar-refractivity contribution < 1.29 is 14.6 Å². The maximum atomic E-state index is 11.3. The molecule has 8 nitrogen and oxygen atoms in total. The molecule has 0 spiro atoms. The van der Waals surface area contributed by atoms with Gasteiger partial charge in [-0.25, -0.2) is 0 Å². The molecule has 33 heavy (non-hydrogen) atoms. The fourth-order valence-corrected chi connectivity index (χ4v) is 4.27. The minimum atomic E-state index is -1.20. The van der Waals surface area contributed by atoms with Gasteiger partial charge in [-0.05, 0) is 23.6 Å². The number of anilines is 1. The molecule has 5 N–H and O–H groups in total. The standard InChI is InChI=1S/C24H37N5O3Si/c1-5-6-10-32-24-27-20-19(22(30)18-9-7-8-17(13-18)14-25)15-29(21(20)23(26)28-24)16-31-11-12-33(2,3)4/h7-9,13,15,22,30H,5-6,10-12,14,16,25H2,1-4H3,(H2,26,27,28). The zero-order valence-electron chi connectivity index (χ0n) is 20.2. The Kier molecular flexibility index (Phi) is 8.47. The van der Waals surface area contributed by atoms with Gasteiger partial charge < -0.3 is 30.6 Å². The molecule has 1 unspecified atom stereocenters. The first-order valence-corrected chi connectivity index (χ1v) is 15.3. The van der Waals surface area contributed by atoms with Gasteiger partial charge in [0.05, 0.1) is 6.61 Å². The number of rotatable bonds is 12. The minimum Gasteiger partial charge on any atom is -0.463 e. The van der Waals surface area contributed by atoms with Gasteiger partial charge in [-0.2, -0.15) is 9.97 Å². The molecule has 2 aromatic heterocycles. The Balaban J connectivity index is 1.98. The van der Waals surface area contributed by atoms with E-state index in [1.54, 1.807) is 0 Å². The van der Waals surface area contributed by atoms with E-state index in [0.717, 1.165) is 30.0 Å². The molecule has 0 radical (unpaired) electrons. The first kappa shape index (κ1) is 25.2. The highest BCUT2D eigenvalue weighted by molar-refractivity contribution is 6.76. The van der Waals surface area contributed by atoms with E-state index in [1.165, 1.54) is 0 Å². The zero-order chi connectivity index (χ0) is 24.0. The third-order valence-corrected chi connectivity index (χ3v) is 7.20. The number of ether oxygens (including phenoxy) is 2. The summed E-state index contributed by atoms with van der Waals surface area (Å²) in [5, 5.41) is 11.3. The Morgan fingerprint density at radius 2 is 1.97 bits per heavy atom. The van der Waals surface area contributed by atoms with Crippen molar-refractivity contribution in [2.45, 2.75) is 64.8 Å². The molecular weight excluding hydrogens is 434 g/mol. The summed E-state index contributed by atoms with van der Waals surface area (Å²) in [7, 11) is -1.20. The molecule has 0 aliphatic heterocycles. The predicted octanol–water partition coefficient (Wildman–Crippen LogP) is 4.05. The van der Waals surface area contributed by atoms with E-state index in [-0.39, 0.29) is 6.01 Å². The number of nitrogen functional groups attached to an aromatic ring is 1. The summed E-state index contributed by atoms with van der Waals surface area (Å²) < 4.78 is 13.6. The third-order valence-electron chi connectivity index (χ3n) is 5.50. The summed E-state index contributed by atoms with van der Waals surface area (Å²) in [5.74, 6) is 0.300. The Morgan fingerprint density at radius 3 is 2.67 bits per heavy atom. The predicted molar refractivity (Wildman–Crippen MR) is 135 cm³/mol. The molecule has 0 bridgehead atoms. The van der Waals surface area contributed by atoms with Crippen LogP contribution in [0.4, 0.5) is 5.82 Å². The van der Waals surface area contributed by atoms with Gasteiger partial charge in [0.1, 0.15) is 23.9 Å². The van der Waals surface area contributed by atoms with Crippen LogP contribution in [-0.4, -0.2) is 40.9 Å². The molecule has 3 aromatic rings. The summed E-state index contributed by atoms with van der Waals surface area (Å²) >= 11 is 0. The summed E-state index contributed by atoms with van der Waals surface area (Å²) in [6.07, 6.45) is 2.85. The van der Waals surface area contributed by atoms with Gasteiger partial charge in [-0.15, -0.1) is 0 Å². The van der Waals surface area contributed by atoms with Gasteiger partial charge in [-0.3, -0.25) is 0 Å². The van der Waals surface area contributed by atoms with Crippen LogP contribution in [0.2, 0.25) is 25.7 Å². The zero-order valence-corrected chi connectivity index (χ0v) is 21.2. The van der Waals surface area contributed by atoms with Gasteiger partial charge in [0.2, 0.25) is 0 Å². The molecule has 0 fully saturated rings. The average Bonchev–Trinajstić information content (AvgIpc) is 3.15. The molecule has 0 saturated heterocycles. The van der Waals surface area contributed by atoms with Crippen LogP contribution in [0.1, 0.15) is 42.6 Å². The molecule has 1 aromatic carbocycles. The van der Waals surface area contributed by atoms with Crippen LogP contribution >= 0.6 is 0 Å². The molecule has 0 aliphatic carbocycles. The monoisotopic (exact) mass is 471 g/mol. The van der Waals surface area contributed by atoms with Gasteiger partial charge >= 0.3 is 6.01 Å². The topological polar surface area (TPSA) is 121 Å². The van der Waals surface area contributed by atoms with Crippen LogP contribution in [-0.2, 0) is 18.0 Å². The quantitative estimate of drug-likeness (QED) is 0.269. The number of aliphatic hydroxyl groups excluding tert-OH is 1. The average molecular weight is 472 g/mol. The molecule has 9 heteroatoms. The molecule has 0 saturated carbocycles. The minimum absolute atomic E-state index is 0.218. The fourth-order valence-electron chi connectivity index (χ4n) is 3.51. The van der Waals surface area contributed by atoms with Crippen molar-refractivity contribution in [1.29, 1.82) is 0 Å². The lowest BCUT2D eigenvalue weighted by Crippen LogP contribution is -2.22. The summed E-state index contributed by atoms with van der Waals surface area (Å²) in [6.45, 7) is 10.9. The van der Waals surface area contributed by atoms with Crippen LogP contribution in [0, 0.1) is 0 Å². The van der Waals surface area contributed by atoms with Gasteiger partial charge in [0.15, 0.2) is 5.82 Å². The van der Waals surface area contributed by atoms with Gasteiger partial charge in [0, 0.05) is 33.0 Å². The Morgan fingerprint density at radius 1 is 1.18 bits per heavy atom. The fraction of sp³-hybridized carbons (Fsp3) is 0.500. The van der Waals surface area contributed by atoms with E-state index in [4.69, 9.17) is 20.9 Å². The van der Waals surface area contributed by atoms with Crippen molar-refractivity contribution in [2.24, 2.45) is 5.73 Å². The van der Waals surface area contributed by atoms with Crippen LogP contribution in [0.3, 0.4) is 0 Å². The van der Waals surface area contributed by atoms with E-state index in [2.05, 4.69) is 36.5 Å². The number of aromatic nitrogens is 3. The largest absolute Gasteiger partial charge is 0.463 e. The Bertz CT molecular complexity index is 1060. The second-order valence-electron chi connectivity index (χ2n) is 9.54. The van der Waals surface area contributed by atoms with Crippen molar-refractivity contribution in [3.05, 3.63) is 47.2 Å². The van der Waals surface area contributed by atoms with Crippen LogP contribution < -0.4 is 16.2 Å². The molecule has 1 atom stereocenters. The number of aliphatic hydroxyl groups is 1. The summed E-state index contributed by atoms with van der Waals surface area (Å²) in [6, 6.07) is 8.89. The summed E-state index contributed by atoms with van der Waals surface area (Å²) in [5.41, 5.74) is 15.6. The lowest BCUT2D eigenvalue weighted by Gasteiger charge is -2.16. The van der Waals surface area contributed by atoms with E-state index in [9.17, 15) is 5.11 Å². The van der Waals surface area contributed by atoms with Gasteiger partial charge in [0.25, 0.3) is 0 Å².